The summed E-state index contributed by atoms with van der Waals surface area (Å²) in [6.07, 6.45) is 0.650. The van der Waals surface area contributed by atoms with Gasteiger partial charge in [-0.05, 0) is 30.5 Å². The topological polar surface area (TPSA) is 55.1 Å². The van der Waals surface area contributed by atoms with Gasteiger partial charge in [-0.15, -0.1) is 0 Å². The molecule has 0 saturated heterocycles. The van der Waals surface area contributed by atoms with E-state index in [1.54, 1.807) is 12.1 Å². The monoisotopic (exact) mass is 318 g/mol. The van der Waals surface area contributed by atoms with Crippen molar-refractivity contribution >= 4 is 39.1 Å². The number of hydrogen-bond donors (Lipinski definition) is 2. The highest BCUT2D eigenvalue weighted by atomic mass is 79.9. The highest BCUT2D eigenvalue weighted by molar-refractivity contribution is 9.10. The van der Waals surface area contributed by atoms with Crippen molar-refractivity contribution in [3.63, 3.8) is 0 Å². The van der Waals surface area contributed by atoms with Crippen LogP contribution in [0.4, 0.5) is 5.69 Å². The molecular formula is C12H16BrClN2O. The fourth-order valence-corrected chi connectivity index (χ4v) is 1.96. The summed E-state index contributed by atoms with van der Waals surface area (Å²) < 4.78 is 0.856. The molecule has 1 aromatic carbocycles. The van der Waals surface area contributed by atoms with Crippen LogP contribution in [0.2, 0.25) is 5.02 Å². The van der Waals surface area contributed by atoms with Crippen LogP contribution in [-0.4, -0.2) is 11.9 Å². The molecule has 17 heavy (non-hydrogen) atoms. The smallest absolute Gasteiger partial charge is 0.241 e. The van der Waals surface area contributed by atoms with E-state index in [-0.39, 0.29) is 5.91 Å². The Morgan fingerprint density at radius 1 is 1.53 bits per heavy atom. The molecular weight excluding hydrogens is 304 g/mol. The van der Waals surface area contributed by atoms with Gasteiger partial charge < -0.3 is 11.1 Å². The first-order valence-electron chi connectivity index (χ1n) is 5.41. The summed E-state index contributed by atoms with van der Waals surface area (Å²) in [4.78, 5) is 11.8. The quantitative estimate of drug-likeness (QED) is 0.893. The number of nitrogens with two attached hydrogens (primary N) is 1. The summed E-state index contributed by atoms with van der Waals surface area (Å²) in [6.45, 7) is 4.05. The fraction of sp³-hybridized carbons (Fsp3) is 0.417. The minimum absolute atomic E-state index is 0.210. The largest absolute Gasteiger partial charge is 0.323 e. The predicted octanol–water partition coefficient (Wildman–Crippen LogP) is 3.41. The highest BCUT2D eigenvalue weighted by Gasteiger charge is 2.16. The zero-order valence-electron chi connectivity index (χ0n) is 9.84. The van der Waals surface area contributed by atoms with Gasteiger partial charge in [0.2, 0.25) is 5.91 Å². The Hall–Kier alpha value is -0.580. The van der Waals surface area contributed by atoms with Crippen LogP contribution < -0.4 is 11.1 Å². The molecule has 0 aliphatic rings. The Balaban J connectivity index is 2.70. The Labute approximate surface area is 115 Å². The van der Waals surface area contributed by atoms with Gasteiger partial charge in [-0.2, -0.15) is 0 Å². The fourth-order valence-electron chi connectivity index (χ4n) is 1.43. The van der Waals surface area contributed by atoms with Crippen molar-refractivity contribution in [3.8, 4) is 0 Å². The molecule has 0 unspecified atom stereocenters. The van der Waals surface area contributed by atoms with E-state index >= 15 is 0 Å². The minimum atomic E-state index is -0.509. The first-order valence-corrected chi connectivity index (χ1v) is 6.58. The number of benzene rings is 1. The normalized spacial score (nSPS) is 12.6. The number of hydrogen-bond acceptors (Lipinski definition) is 2. The predicted molar refractivity (Wildman–Crippen MR) is 75.2 cm³/mol. The molecule has 3 nitrogen and oxygen atoms in total. The van der Waals surface area contributed by atoms with Gasteiger partial charge in [-0.25, -0.2) is 0 Å². The van der Waals surface area contributed by atoms with Crippen LogP contribution in [-0.2, 0) is 4.79 Å². The lowest BCUT2D eigenvalue weighted by atomic mass is 10.0. The average Bonchev–Trinajstić information content (AvgIpc) is 2.22. The Morgan fingerprint density at radius 2 is 2.18 bits per heavy atom. The third-order valence-corrected chi connectivity index (χ3v) is 3.07. The number of carbonyl (C=O) groups excluding carboxylic acids is 1. The number of rotatable bonds is 4. The molecule has 0 radical (unpaired) electrons. The first kappa shape index (κ1) is 14.5. The number of amides is 1. The maximum Gasteiger partial charge on any atom is 0.241 e. The van der Waals surface area contributed by atoms with E-state index in [1.165, 1.54) is 0 Å². The second kappa shape index (κ2) is 6.38. The van der Waals surface area contributed by atoms with E-state index in [0.717, 1.165) is 4.47 Å². The van der Waals surface area contributed by atoms with Crippen LogP contribution in [0.5, 0.6) is 0 Å². The number of halogens is 2. The summed E-state index contributed by atoms with van der Waals surface area (Å²) in [5, 5.41) is 3.23. The molecule has 1 atom stereocenters. The van der Waals surface area contributed by atoms with Crippen molar-refractivity contribution in [1.82, 2.24) is 0 Å². The summed E-state index contributed by atoms with van der Waals surface area (Å²) >= 11 is 9.30. The second-order valence-electron chi connectivity index (χ2n) is 4.35. The Morgan fingerprint density at radius 3 is 2.76 bits per heavy atom. The van der Waals surface area contributed by atoms with Gasteiger partial charge in [0.15, 0.2) is 0 Å². The van der Waals surface area contributed by atoms with Gasteiger partial charge in [0.05, 0.1) is 16.8 Å². The van der Waals surface area contributed by atoms with E-state index in [4.69, 9.17) is 17.3 Å². The van der Waals surface area contributed by atoms with Gasteiger partial charge in [-0.3, -0.25) is 4.79 Å². The summed E-state index contributed by atoms with van der Waals surface area (Å²) in [6, 6.07) is 4.77. The Bertz CT molecular complexity index is 409. The van der Waals surface area contributed by atoms with Crippen LogP contribution >= 0.6 is 27.5 Å². The maximum atomic E-state index is 11.8. The van der Waals surface area contributed by atoms with Crippen LogP contribution in [0.15, 0.2) is 22.7 Å². The van der Waals surface area contributed by atoms with Crippen molar-refractivity contribution in [1.29, 1.82) is 0 Å². The van der Waals surface area contributed by atoms with Crippen molar-refractivity contribution in [2.24, 2.45) is 11.7 Å². The third kappa shape index (κ3) is 4.66. The molecule has 0 heterocycles. The van der Waals surface area contributed by atoms with E-state index in [0.29, 0.717) is 23.0 Å². The van der Waals surface area contributed by atoms with E-state index in [9.17, 15) is 4.79 Å². The lowest BCUT2D eigenvalue weighted by Gasteiger charge is -2.15. The zero-order chi connectivity index (χ0) is 13.0. The summed E-state index contributed by atoms with van der Waals surface area (Å²) in [5.74, 6) is 0.174. The molecule has 0 fully saturated rings. The van der Waals surface area contributed by atoms with Gasteiger partial charge >= 0.3 is 0 Å². The molecule has 0 bridgehead atoms. The number of anilines is 1. The van der Waals surface area contributed by atoms with Gasteiger partial charge in [0.25, 0.3) is 0 Å². The molecule has 1 amide bonds. The lowest BCUT2D eigenvalue weighted by molar-refractivity contribution is -0.117. The van der Waals surface area contributed by atoms with Gasteiger partial charge in [0, 0.05) is 4.47 Å². The number of carbonyl (C=O) groups is 1. The lowest BCUT2D eigenvalue weighted by Crippen LogP contribution is -2.36. The molecule has 0 spiro atoms. The van der Waals surface area contributed by atoms with E-state index in [1.807, 2.05) is 19.9 Å². The third-order valence-electron chi connectivity index (χ3n) is 2.25. The molecule has 94 valence electrons. The SMILES string of the molecule is CC(C)C[C@@H](N)C(=O)Nc1cc(Br)ccc1Cl. The van der Waals surface area contributed by atoms with Crippen LogP contribution in [0.1, 0.15) is 20.3 Å². The zero-order valence-corrected chi connectivity index (χ0v) is 12.2. The van der Waals surface area contributed by atoms with Crippen LogP contribution in [0.3, 0.4) is 0 Å². The molecule has 1 aromatic rings. The van der Waals surface area contributed by atoms with Crippen molar-refractivity contribution < 1.29 is 4.79 Å². The molecule has 1 rings (SSSR count). The minimum Gasteiger partial charge on any atom is -0.323 e. The first-order chi connectivity index (χ1) is 7.90. The maximum absolute atomic E-state index is 11.8. The van der Waals surface area contributed by atoms with Crippen molar-refractivity contribution in [2.75, 3.05) is 5.32 Å². The van der Waals surface area contributed by atoms with Crippen LogP contribution in [0.25, 0.3) is 0 Å². The second-order valence-corrected chi connectivity index (χ2v) is 5.67. The molecule has 0 aliphatic heterocycles. The summed E-state index contributed by atoms with van der Waals surface area (Å²) in [7, 11) is 0. The average molecular weight is 320 g/mol. The highest BCUT2D eigenvalue weighted by Crippen LogP contribution is 2.25. The Kier molecular flexibility index (Phi) is 5.43. The van der Waals surface area contributed by atoms with Crippen molar-refractivity contribution in [2.45, 2.75) is 26.3 Å². The molecule has 0 saturated carbocycles. The van der Waals surface area contributed by atoms with Gasteiger partial charge in [0.1, 0.15) is 0 Å². The molecule has 5 heteroatoms. The molecule has 3 N–H and O–H groups in total. The van der Waals surface area contributed by atoms with Crippen LogP contribution in [0, 0.1) is 5.92 Å². The van der Waals surface area contributed by atoms with E-state index in [2.05, 4.69) is 21.2 Å². The molecule has 0 aromatic heterocycles. The standard InChI is InChI=1S/C12H16BrClN2O/c1-7(2)5-10(15)12(17)16-11-6-8(13)3-4-9(11)14/h3-4,6-7,10H,5,15H2,1-2H3,(H,16,17)/t10-/m1/s1. The van der Waals surface area contributed by atoms with Crippen molar-refractivity contribution in [3.05, 3.63) is 27.7 Å². The van der Waals surface area contributed by atoms with Gasteiger partial charge in [-0.1, -0.05) is 41.4 Å². The molecule has 0 aliphatic carbocycles. The van der Waals surface area contributed by atoms with E-state index < -0.39 is 6.04 Å². The summed E-state index contributed by atoms with van der Waals surface area (Å²) in [5.41, 5.74) is 6.36. The number of nitrogens with one attached hydrogen (secondary N) is 1.